The van der Waals surface area contributed by atoms with Crippen molar-refractivity contribution in [3.05, 3.63) is 62.6 Å². The first kappa shape index (κ1) is 20.0. The number of rotatable bonds is 8. The number of nitrogens with two attached hydrogens (primary N) is 1. The average molecular weight is 385 g/mol. The molecule has 0 unspecified atom stereocenters. The molecule has 8 nitrogen and oxygen atoms in total. The van der Waals surface area contributed by atoms with Crippen molar-refractivity contribution in [2.24, 2.45) is 12.8 Å². The lowest BCUT2D eigenvalue weighted by Gasteiger charge is -2.11. The smallest absolute Gasteiger partial charge is 0.332 e. The van der Waals surface area contributed by atoms with Crippen molar-refractivity contribution in [1.29, 1.82) is 0 Å². The van der Waals surface area contributed by atoms with Crippen LogP contribution in [0.3, 0.4) is 0 Å². The number of benzene rings is 1. The highest BCUT2D eigenvalue weighted by atomic mass is 16.3. The van der Waals surface area contributed by atoms with E-state index >= 15 is 0 Å². The van der Waals surface area contributed by atoms with E-state index in [0.717, 1.165) is 12.0 Å². The van der Waals surface area contributed by atoms with E-state index in [-0.39, 0.29) is 23.9 Å². The van der Waals surface area contributed by atoms with Gasteiger partial charge >= 0.3 is 5.69 Å². The Labute approximate surface area is 162 Å². The molecule has 2 aromatic heterocycles. The first-order valence-electron chi connectivity index (χ1n) is 9.55. The molecule has 0 radical (unpaired) electrons. The third-order valence-electron chi connectivity index (χ3n) is 4.93. The van der Waals surface area contributed by atoms with Gasteiger partial charge < -0.3 is 15.4 Å². The van der Waals surface area contributed by atoms with Crippen LogP contribution < -0.4 is 17.0 Å². The van der Waals surface area contributed by atoms with Gasteiger partial charge in [0.25, 0.3) is 5.56 Å². The van der Waals surface area contributed by atoms with Crippen molar-refractivity contribution >= 4 is 11.2 Å². The summed E-state index contributed by atoms with van der Waals surface area (Å²) in [6.45, 7) is 2.67. The summed E-state index contributed by atoms with van der Waals surface area (Å²) in [5, 5.41) is 9.39. The maximum absolute atomic E-state index is 13.2. The van der Waals surface area contributed by atoms with E-state index in [2.05, 4.69) is 4.98 Å². The number of aliphatic hydroxyl groups excluding tert-OH is 1. The molecule has 0 spiro atoms. The van der Waals surface area contributed by atoms with Gasteiger partial charge in [-0.1, -0.05) is 30.3 Å². The highest BCUT2D eigenvalue weighted by Crippen LogP contribution is 2.14. The summed E-state index contributed by atoms with van der Waals surface area (Å²) in [5.41, 5.74) is 6.90. The van der Waals surface area contributed by atoms with E-state index in [9.17, 15) is 14.7 Å². The fourth-order valence-corrected chi connectivity index (χ4v) is 3.42. The molecule has 3 rings (SSSR count). The van der Waals surface area contributed by atoms with Gasteiger partial charge in [-0.25, -0.2) is 9.78 Å². The molecular weight excluding hydrogens is 358 g/mol. The maximum Gasteiger partial charge on any atom is 0.332 e. The Bertz CT molecular complexity index is 1060. The summed E-state index contributed by atoms with van der Waals surface area (Å²) in [5.74, 6) is 0.567. The van der Waals surface area contributed by atoms with Crippen LogP contribution in [0.25, 0.3) is 11.2 Å². The number of imidazole rings is 1. The summed E-state index contributed by atoms with van der Waals surface area (Å²) in [6.07, 6.45) is 1.63. The predicted octanol–water partition coefficient (Wildman–Crippen LogP) is 0.955. The second kappa shape index (κ2) is 8.53. The van der Waals surface area contributed by atoms with E-state index < -0.39 is 0 Å². The topological polar surface area (TPSA) is 108 Å². The van der Waals surface area contributed by atoms with Gasteiger partial charge in [-0.15, -0.1) is 0 Å². The molecule has 0 aliphatic carbocycles. The van der Waals surface area contributed by atoms with Crippen molar-refractivity contribution in [1.82, 2.24) is 18.7 Å². The van der Waals surface area contributed by atoms with Gasteiger partial charge in [0.15, 0.2) is 11.2 Å². The number of aliphatic hydroxyl groups is 1. The summed E-state index contributed by atoms with van der Waals surface area (Å²) in [6, 6.07) is 9.76. The summed E-state index contributed by atoms with van der Waals surface area (Å²) in [4.78, 5) is 30.3. The van der Waals surface area contributed by atoms with Crippen LogP contribution in [-0.2, 0) is 26.7 Å². The Balaban J connectivity index is 2.08. The Kier molecular flexibility index (Phi) is 6.11. The highest BCUT2D eigenvalue weighted by Gasteiger charge is 2.19. The summed E-state index contributed by atoms with van der Waals surface area (Å²) < 4.78 is 4.47. The molecule has 0 amide bonds. The number of aryl methyl sites for hydroxylation is 1. The second-order valence-corrected chi connectivity index (χ2v) is 7.12. The normalized spacial score (nSPS) is 12.6. The second-order valence-electron chi connectivity index (χ2n) is 7.12. The van der Waals surface area contributed by atoms with E-state index in [1.807, 2.05) is 30.3 Å². The zero-order chi connectivity index (χ0) is 20.3. The lowest BCUT2D eigenvalue weighted by molar-refractivity contribution is 0.180. The lowest BCUT2D eigenvalue weighted by atomic mass is 10.2. The standard InChI is InChI=1S/C20H27N5O3/c1-14(26)8-6-7-11-24-19(27)17-18(23(2)20(24)28)22-16(12-21)25(17)13-15-9-4-3-5-10-15/h3-5,9-10,14,26H,6-8,11-13,21H2,1-2H3/t14-/m0/s1. The fraction of sp³-hybridized carbons (Fsp3) is 0.450. The van der Waals surface area contributed by atoms with Gasteiger partial charge in [-0.2, -0.15) is 0 Å². The number of aromatic nitrogens is 4. The highest BCUT2D eigenvalue weighted by molar-refractivity contribution is 5.71. The molecule has 0 aliphatic rings. The van der Waals surface area contributed by atoms with Crippen molar-refractivity contribution in [3.63, 3.8) is 0 Å². The van der Waals surface area contributed by atoms with Crippen LogP contribution in [0, 0.1) is 0 Å². The Hall–Kier alpha value is -2.71. The van der Waals surface area contributed by atoms with Crippen molar-refractivity contribution in [3.8, 4) is 0 Å². The quantitative estimate of drug-likeness (QED) is 0.562. The van der Waals surface area contributed by atoms with Crippen LogP contribution in [0.15, 0.2) is 39.9 Å². The number of unbranched alkanes of at least 4 members (excludes halogenated alkanes) is 1. The van der Waals surface area contributed by atoms with Gasteiger partial charge in [0.2, 0.25) is 0 Å². The zero-order valence-electron chi connectivity index (χ0n) is 16.3. The van der Waals surface area contributed by atoms with E-state index in [0.29, 0.717) is 42.9 Å². The predicted molar refractivity (Wildman–Crippen MR) is 108 cm³/mol. The van der Waals surface area contributed by atoms with Crippen LogP contribution in [-0.4, -0.2) is 29.9 Å². The third kappa shape index (κ3) is 3.93. The Morgan fingerprint density at radius 2 is 1.86 bits per heavy atom. The minimum Gasteiger partial charge on any atom is -0.393 e. The molecule has 28 heavy (non-hydrogen) atoms. The lowest BCUT2D eigenvalue weighted by Crippen LogP contribution is -2.39. The van der Waals surface area contributed by atoms with E-state index in [1.165, 1.54) is 9.13 Å². The van der Waals surface area contributed by atoms with Crippen LogP contribution in [0.5, 0.6) is 0 Å². The molecule has 0 aliphatic heterocycles. The van der Waals surface area contributed by atoms with E-state index in [4.69, 9.17) is 5.73 Å². The molecule has 0 saturated heterocycles. The maximum atomic E-state index is 13.2. The molecule has 1 atom stereocenters. The van der Waals surface area contributed by atoms with Crippen molar-refractivity contribution in [2.75, 3.05) is 0 Å². The number of hydrogen-bond acceptors (Lipinski definition) is 5. The first-order valence-corrected chi connectivity index (χ1v) is 9.55. The molecule has 8 heteroatoms. The molecule has 0 bridgehead atoms. The SMILES string of the molecule is C[C@H](O)CCCCn1c(=O)c2c(nc(CN)n2Cc2ccccc2)n(C)c1=O. The molecule has 2 heterocycles. The molecule has 0 fully saturated rings. The average Bonchev–Trinajstić information content (AvgIpc) is 3.05. The van der Waals surface area contributed by atoms with Crippen LogP contribution >= 0.6 is 0 Å². The summed E-state index contributed by atoms with van der Waals surface area (Å²) in [7, 11) is 1.62. The van der Waals surface area contributed by atoms with Crippen molar-refractivity contribution < 1.29 is 5.11 Å². The van der Waals surface area contributed by atoms with Crippen LogP contribution in [0.1, 0.15) is 37.6 Å². The number of hydrogen-bond donors (Lipinski definition) is 2. The minimum absolute atomic E-state index is 0.170. The van der Waals surface area contributed by atoms with E-state index in [1.54, 1.807) is 18.5 Å². The van der Waals surface area contributed by atoms with Gasteiger partial charge in [0.05, 0.1) is 12.6 Å². The first-order chi connectivity index (χ1) is 13.4. The van der Waals surface area contributed by atoms with Crippen molar-refractivity contribution in [2.45, 2.75) is 51.9 Å². The van der Waals surface area contributed by atoms with Crippen LogP contribution in [0.4, 0.5) is 0 Å². The largest absolute Gasteiger partial charge is 0.393 e. The van der Waals surface area contributed by atoms with Crippen LogP contribution in [0.2, 0.25) is 0 Å². The van der Waals surface area contributed by atoms with Gasteiger partial charge in [0.1, 0.15) is 5.82 Å². The molecule has 3 N–H and O–H groups in total. The third-order valence-corrected chi connectivity index (χ3v) is 4.93. The van der Waals surface area contributed by atoms with Gasteiger partial charge in [-0.3, -0.25) is 13.9 Å². The molecule has 0 saturated carbocycles. The molecule has 150 valence electrons. The molecular formula is C20H27N5O3. The Morgan fingerprint density at radius 1 is 1.14 bits per heavy atom. The van der Waals surface area contributed by atoms with Gasteiger partial charge in [-0.05, 0) is 31.7 Å². The number of fused-ring (bicyclic) bond motifs is 1. The number of nitrogens with zero attached hydrogens (tertiary/aromatic N) is 4. The summed E-state index contributed by atoms with van der Waals surface area (Å²) >= 11 is 0. The van der Waals surface area contributed by atoms with Gasteiger partial charge in [0, 0.05) is 20.1 Å². The Morgan fingerprint density at radius 3 is 2.50 bits per heavy atom. The molecule has 3 aromatic rings. The fourth-order valence-electron chi connectivity index (χ4n) is 3.42. The molecule has 1 aromatic carbocycles. The minimum atomic E-state index is -0.388. The zero-order valence-corrected chi connectivity index (χ0v) is 16.3. The monoisotopic (exact) mass is 385 g/mol.